The molecule has 0 radical (unpaired) electrons. The van der Waals surface area contributed by atoms with Crippen molar-refractivity contribution < 1.29 is 27.9 Å². The van der Waals surface area contributed by atoms with Gasteiger partial charge in [0.2, 0.25) is 0 Å². The highest BCUT2D eigenvalue weighted by atomic mass is 35.5. The Morgan fingerprint density at radius 2 is 1.77 bits per heavy atom. The summed E-state index contributed by atoms with van der Waals surface area (Å²) in [7, 11) is -4.13. The number of pyridine rings is 1. The second kappa shape index (κ2) is 14.5. The SMILES string of the molecule is CCOCc1nc2c(N)nc3ccccc3c2n1[C@H](C)CO[P@@](=O)(N[C@@H](C)C(=O)OC(CC)CC)Oc1ccc(Cl)cc1. The third kappa shape index (κ3) is 7.85. The van der Waals surface area contributed by atoms with Gasteiger partial charge in [0.15, 0.2) is 5.82 Å². The molecule has 43 heavy (non-hydrogen) atoms. The highest BCUT2D eigenvalue weighted by molar-refractivity contribution is 7.52. The van der Waals surface area contributed by atoms with Crippen molar-refractivity contribution in [1.29, 1.82) is 0 Å². The van der Waals surface area contributed by atoms with Crippen LogP contribution in [0.1, 0.15) is 59.3 Å². The van der Waals surface area contributed by atoms with Gasteiger partial charge in [-0.15, -0.1) is 0 Å². The van der Waals surface area contributed by atoms with Crippen LogP contribution in [0.25, 0.3) is 21.9 Å². The zero-order valence-corrected chi connectivity index (χ0v) is 26.7. The van der Waals surface area contributed by atoms with Gasteiger partial charge in [-0.25, -0.2) is 14.5 Å². The lowest BCUT2D eigenvalue weighted by atomic mass is 10.1. The molecule has 232 valence electrons. The average Bonchev–Trinajstić information content (AvgIpc) is 3.39. The van der Waals surface area contributed by atoms with Gasteiger partial charge in [0.25, 0.3) is 0 Å². The third-order valence-electron chi connectivity index (χ3n) is 6.93. The Morgan fingerprint density at radius 3 is 2.44 bits per heavy atom. The number of aromatic nitrogens is 3. The number of rotatable bonds is 15. The summed E-state index contributed by atoms with van der Waals surface area (Å²) in [6.45, 7) is 9.86. The molecule has 0 aliphatic carbocycles. The molecule has 4 aromatic rings. The molecule has 3 N–H and O–H groups in total. The maximum absolute atomic E-state index is 14.2. The van der Waals surface area contributed by atoms with E-state index < -0.39 is 25.8 Å². The van der Waals surface area contributed by atoms with Gasteiger partial charge in [-0.05, 0) is 63.9 Å². The van der Waals surface area contributed by atoms with Gasteiger partial charge in [0, 0.05) is 17.0 Å². The number of nitrogens with two attached hydrogens (primary N) is 1. The van der Waals surface area contributed by atoms with Gasteiger partial charge in [-0.3, -0.25) is 9.32 Å². The Morgan fingerprint density at radius 1 is 1.07 bits per heavy atom. The van der Waals surface area contributed by atoms with E-state index in [0.717, 1.165) is 10.9 Å². The minimum absolute atomic E-state index is 0.0761. The average molecular weight is 632 g/mol. The molecule has 2 aromatic heterocycles. The second-order valence-electron chi connectivity index (χ2n) is 10.2. The summed E-state index contributed by atoms with van der Waals surface area (Å²) in [5.41, 5.74) is 8.34. The largest absolute Gasteiger partial charge is 0.461 e. The normalized spacial score (nSPS) is 14.6. The zero-order valence-electron chi connectivity index (χ0n) is 25.1. The van der Waals surface area contributed by atoms with E-state index in [1.165, 1.54) is 0 Å². The first kappa shape index (κ1) is 32.7. The molecule has 0 saturated carbocycles. The molecule has 0 saturated heterocycles. The van der Waals surface area contributed by atoms with Crippen LogP contribution in [0.5, 0.6) is 5.75 Å². The van der Waals surface area contributed by atoms with Crippen LogP contribution >= 0.6 is 19.3 Å². The summed E-state index contributed by atoms with van der Waals surface area (Å²) >= 11 is 6.03. The summed E-state index contributed by atoms with van der Waals surface area (Å²) in [6, 6.07) is 12.6. The number of nitrogens with one attached hydrogen (secondary N) is 1. The molecule has 2 aromatic carbocycles. The Kier molecular flexibility index (Phi) is 11.0. The van der Waals surface area contributed by atoms with Crippen LogP contribution in [-0.4, -0.2) is 45.9 Å². The van der Waals surface area contributed by atoms with Gasteiger partial charge >= 0.3 is 13.7 Å². The molecule has 4 rings (SSSR count). The molecular weight excluding hydrogens is 593 g/mol. The maximum Gasteiger partial charge on any atom is 0.459 e. The Hall–Kier alpha value is -3.21. The number of fused-ring (bicyclic) bond motifs is 3. The number of hydrogen-bond acceptors (Lipinski definition) is 9. The highest BCUT2D eigenvalue weighted by Gasteiger charge is 2.34. The van der Waals surface area contributed by atoms with E-state index in [9.17, 15) is 9.36 Å². The molecule has 0 aliphatic heterocycles. The fraction of sp³-hybridized carbons (Fsp3) is 0.433. The lowest BCUT2D eigenvalue weighted by molar-refractivity contribution is -0.151. The van der Waals surface area contributed by atoms with Crippen molar-refractivity contribution in [2.45, 2.75) is 72.3 Å². The minimum Gasteiger partial charge on any atom is -0.461 e. The molecule has 2 heterocycles. The maximum atomic E-state index is 14.2. The number of ether oxygens (including phenoxy) is 2. The lowest BCUT2D eigenvalue weighted by Gasteiger charge is -2.26. The van der Waals surface area contributed by atoms with Crippen LogP contribution in [0.4, 0.5) is 5.82 Å². The smallest absolute Gasteiger partial charge is 0.459 e. The number of benzene rings is 2. The molecule has 13 heteroatoms. The first-order valence-corrected chi connectivity index (χ1v) is 16.3. The van der Waals surface area contributed by atoms with E-state index >= 15 is 0 Å². The number of nitrogen functional groups attached to an aromatic ring is 1. The molecular formula is C30H39ClN5O6P. The van der Waals surface area contributed by atoms with Crippen molar-refractivity contribution >= 4 is 53.1 Å². The van der Waals surface area contributed by atoms with Crippen LogP contribution in [0.2, 0.25) is 5.02 Å². The van der Waals surface area contributed by atoms with E-state index in [-0.39, 0.29) is 25.1 Å². The topological polar surface area (TPSA) is 140 Å². The van der Waals surface area contributed by atoms with Crippen LogP contribution in [0, 0.1) is 0 Å². The van der Waals surface area contributed by atoms with Crippen molar-refractivity contribution in [3.8, 4) is 5.75 Å². The summed E-state index contributed by atoms with van der Waals surface area (Å²) < 4.78 is 39.3. The molecule has 0 amide bonds. The predicted molar refractivity (Wildman–Crippen MR) is 168 cm³/mol. The number of halogens is 1. The number of para-hydroxylation sites is 1. The standard InChI is InChI=1S/C30H39ClN5O6P/c1-6-22(7-2)41-30(37)20(5)35-43(38,42-23-15-13-21(31)14-16-23)40-17-19(4)36-26(18-39-8-3)34-27-28(36)24-11-9-10-12-25(24)33-29(27)32/h9-16,19-20,22H,6-8,17-18H2,1-5H3,(H2,32,33)(H,35,38)/t19-,20+,43+/m1/s1. The first-order valence-electron chi connectivity index (χ1n) is 14.4. The van der Waals surface area contributed by atoms with Gasteiger partial charge in [0.05, 0.1) is 23.7 Å². The van der Waals surface area contributed by atoms with E-state index in [0.29, 0.717) is 47.1 Å². The predicted octanol–water partition coefficient (Wildman–Crippen LogP) is 6.83. The summed E-state index contributed by atoms with van der Waals surface area (Å²) in [6.07, 6.45) is 1.09. The number of imidazole rings is 1. The van der Waals surface area contributed by atoms with E-state index in [1.807, 2.05) is 56.5 Å². The molecule has 0 spiro atoms. The summed E-state index contributed by atoms with van der Waals surface area (Å²) in [5, 5.41) is 4.10. The van der Waals surface area contributed by atoms with Gasteiger partial charge in [-0.2, -0.15) is 5.09 Å². The Bertz CT molecular complexity index is 1590. The highest BCUT2D eigenvalue weighted by Crippen LogP contribution is 2.46. The fourth-order valence-electron chi connectivity index (χ4n) is 4.66. The minimum atomic E-state index is -4.13. The van der Waals surface area contributed by atoms with E-state index in [2.05, 4.69) is 10.1 Å². The number of hydrogen-bond donors (Lipinski definition) is 2. The summed E-state index contributed by atoms with van der Waals surface area (Å²) in [5.74, 6) is 0.602. The van der Waals surface area contributed by atoms with Gasteiger partial charge in [-0.1, -0.05) is 43.6 Å². The van der Waals surface area contributed by atoms with Crippen molar-refractivity contribution in [1.82, 2.24) is 19.6 Å². The fourth-order valence-corrected chi connectivity index (χ4v) is 6.35. The summed E-state index contributed by atoms with van der Waals surface area (Å²) in [4.78, 5) is 22.1. The molecule has 0 bridgehead atoms. The number of anilines is 1. The van der Waals surface area contributed by atoms with Crippen LogP contribution in [0.3, 0.4) is 0 Å². The van der Waals surface area contributed by atoms with Crippen LogP contribution < -0.4 is 15.3 Å². The quantitative estimate of drug-likeness (QED) is 0.106. The van der Waals surface area contributed by atoms with Crippen molar-refractivity contribution in [2.75, 3.05) is 18.9 Å². The van der Waals surface area contributed by atoms with Crippen LogP contribution in [0.15, 0.2) is 48.5 Å². The molecule has 0 aliphatic rings. The first-order chi connectivity index (χ1) is 20.6. The van der Waals surface area contributed by atoms with Crippen molar-refractivity contribution in [2.24, 2.45) is 0 Å². The van der Waals surface area contributed by atoms with Crippen LogP contribution in [-0.2, 0) is 30.0 Å². The molecule has 11 nitrogen and oxygen atoms in total. The lowest BCUT2D eigenvalue weighted by Crippen LogP contribution is -2.37. The third-order valence-corrected chi connectivity index (χ3v) is 8.82. The Balaban J connectivity index is 1.66. The van der Waals surface area contributed by atoms with E-state index in [1.54, 1.807) is 31.2 Å². The number of esters is 1. The number of nitrogens with zero attached hydrogens (tertiary/aromatic N) is 3. The number of carbonyl (C=O) groups excluding carboxylic acids is 1. The number of carbonyl (C=O) groups is 1. The Labute approximate surface area is 256 Å². The van der Waals surface area contributed by atoms with Gasteiger partial charge in [0.1, 0.15) is 35.8 Å². The van der Waals surface area contributed by atoms with Gasteiger partial charge < -0.3 is 24.3 Å². The molecule has 0 unspecified atom stereocenters. The zero-order chi connectivity index (χ0) is 31.1. The molecule has 3 atom stereocenters. The van der Waals surface area contributed by atoms with Crippen molar-refractivity contribution in [3.63, 3.8) is 0 Å². The molecule has 0 fully saturated rings. The second-order valence-corrected chi connectivity index (χ2v) is 12.3. The van der Waals surface area contributed by atoms with E-state index in [4.69, 9.17) is 40.8 Å². The monoisotopic (exact) mass is 631 g/mol. The van der Waals surface area contributed by atoms with Crippen molar-refractivity contribution in [3.05, 3.63) is 59.4 Å².